The molecule has 1 fully saturated rings. The van der Waals surface area contributed by atoms with Crippen LogP contribution in [0.5, 0.6) is 0 Å². The predicted octanol–water partition coefficient (Wildman–Crippen LogP) is 0.338. The van der Waals surface area contributed by atoms with Gasteiger partial charge in [0.15, 0.2) is 36.8 Å². The zero-order valence-electron chi connectivity index (χ0n) is 23.2. The molecule has 41 heavy (non-hydrogen) atoms. The Bertz CT molecular complexity index is 1140. The summed E-state index contributed by atoms with van der Waals surface area (Å²) in [7, 11) is 0. The second-order valence-corrected chi connectivity index (χ2v) is 8.90. The van der Waals surface area contributed by atoms with Crippen LogP contribution in [-0.2, 0) is 66.7 Å². The molecule has 15 nitrogen and oxygen atoms in total. The van der Waals surface area contributed by atoms with Gasteiger partial charge in [-0.15, -0.1) is 0 Å². The Kier molecular flexibility index (Phi) is 12.0. The minimum atomic E-state index is -1.66. The number of nitrogens with zero attached hydrogens (tertiary/aromatic N) is 1. The maximum atomic E-state index is 12.1. The third kappa shape index (κ3) is 9.69. The van der Waals surface area contributed by atoms with Crippen molar-refractivity contribution in [3.8, 4) is 6.07 Å². The van der Waals surface area contributed by atoms with E-state index in [4.69, 9.17) is 37.9 Å². The van der Waals surface area contributed by atoms with Gasteiger partial charge in [-0.2, -0.15) is 5.26 Å². The van der Waals surface area contributed by atoms with Crippen molar-refractivity contribution in [3.05, 3.63) is 23.8 Å². The van der Waals surface area contributed by atoms with Crippen LogP contribution >= 0.6 is 0 Å². The number of nitriles is 1. The normalized spacial score (nSPS) is 29.8. The molecule has 1 aliphatic carbocycles. The first-order valence-electron chi connectivity index (χ1n) is 12.3. The first kappa shape index (κ1) is 32.9. The van der Waals surface area contributed by atoms with E-state index in [1.54, 1.807) is 0 Å². The average Bonchev–Trinajstić information content (AvgIpc) is 2.83. The molecular weight excluding hydrogens is 550 g/mol. The summed E-state index contributed by atoms with van der Waals surface area (Å²) >= 11 is 0. The average molecular weight is 582 g/mol. The summed E-state index contributed by atoms with van der Waals surface area (Å²) in [5.41, 5.74) is 0.148. The molecule has 1 aliphatic heterocycles. The molecule has 0 radical (unpaired) electrons. The molecule has 2 rings (SSSR count). The van der Waals surface area contributed by atoms with Crippen molar-refractivity contribution in [1.29, 1.82) is 5.26 Å². The highest BCUT2D eigenvalue weighted by molar-refractivity contribution is 5.69. The van der Waals surface area contributed by atoms with E-state index in [0.717, 1.165) is 47.6 Å². The van der Waals surface area contributed by atoms with Gasteiger partial charge >= 0.3 is 35.8 Å². The van der Waals surface area contributed by atoms with Crippen molar-refractivity contribution in [2.45, 2.75) is 90.6 Å². The standard InChI is InChI=1S/C26H31NO14/c1-12(28)34-11-20-23(37-15(4)31)24(38-16(5)32)25(39-17(6)33)26(40-20)41-21-18(9-10-27)7-8-19(35-13(2)29)22(21)36-14(3)30/h7-9,19-26H,11H2,1-6H3/b18-9+/t19-,20-,21+,22-,23-,24+,25-,26+/m1/s1. The quantitative estimate of drug-likeness (QED) is 0.205. The highest BCUT2D eigenvalue weighted by Crippen LogP contribution is 2.34. The van der Waals surface area contributed by atoms with Crippen LogP contribution in [0, 0.1) is 11.3 Å². The molecule has 224 valence electrons. The molecule has 15 heteroatoms. The van der Waals surface area contributed by atoms with Crippen molar-refractivity contribution >= 4 is 35.8 Å². The molecule has 0 spiro atoms. The van der Waals surface area contributed by atoms with E-state index >= 15 is 0 Å². The fourth-order valence-electron chi connectivity index (χ4n) is 4.19. The lowest BCUT2D eigenvalue weighted by Gasteiger charge is -2.46. The minimum Gasteiger partial charge on any atom is -0.463 e. The lowest BCUT2D eigenvalue weighted by Crippen LogP contribution is -2.64. The molecule has 0 aromatic rings. The molecule has 1 saturated heterocycles. The Morgan fingerprint density at radius 3 is 1.78 bits per heavy atom. The van der Waals surface area contributed by atoms with E-state index in [2.05, 4.69) is 0 Å². The van der Waals surface area contributed by atoms with Gasteiger partial charge in [0.25, 0.3) is 0 Å². The smallest absolute Gasteiger partial charge is 0.303 e. The SMILES string of the molecule is CC(=O)OC[C@H]1O[C@@H](O[C@H]2/C(=C/C#N)C=C[C@@H](OC(C)=O)[C@H]2OC(C)=O)[C@H](OC(C)=O)[C@@H](OC(C)=O)[C@@H]1OC(C)=O. The number of ether oxygens (including phenoxy) is 8. The number of allylic oxidation sites excluding steroid dienone is 1. The lowest BCUT2D eigenvalue weighted by atomic mass is 9.92. The van der Waals surface area contributed by atoms with Gasteiger partial charge in [0.1, 0.15) is 18.8 Å². The molecule has 1 heterocycles. The number of hydrogen-bond donors (Lipinski definition) is 0. The van der Waals surface area contributed by atoms with Gasteiger partial charge in [-0.3, -0.25) is 28.8 Å². The molecule has 0 aromatic heterocycles. The molecule has 0 amide bonds. The predicted molar refractivity (Wildman–Crippen MR) is 131 cm³/mol. The van der Waals surface area contributed by atoms with Gasteiger partial charge in [0.05, 0.1) is 6.07 Å². The summed E-state index contributed by atoms with van der Waals surface area (Å²) in [4.78, 5) is 71.4. The Labute approximate surface area is 235 Å². The Hall–Kier alpha value is -4.29. The second kappa shape index (κ2) is 14.9. The summed E-state index contributed by atoms with van der Waals surface area (Å²) in [5, 5.41) is 9.35. The topological polar surface area (TPSA) is 200 Å². The fourth-order valence-corrected chi connectivity index (χ4v) is 4.19. The van der Waals surface area contributed by atoms with Gasteiger partial charge < -0.3 is 37.9 Å². The Morgan fingerprint density at radius 2 is 1.27 bits per heavy atom. The van der Waals surface area contributed by atoms with Crippen LogP contribution in [-0.4, -0.2) is 91.4 Å². The van der Waals surface area contributed by atoms with Crippen molar-refractivity contribution in [3.63, 3.8) is 0 Å². The molecule has 0 N–H and O–H groups in total. The molecule has 0 unspecified atom stereocenters. The van der Waals surface area contributed by atoms with Gasteiger partial charge in [0, 0.05) is 47.6 Å². The van der Waals surface area contributed by atoms with Gasteiger partial charge in [-0.25, -0.2) is 0 Å². The zero-order chi connectivity index (χ0) is 30.9. The van der Waals surface area contributed by atoms with Crippen LogP contribution in [0.2, 0.25) is 0 Å². The lowest BCUT2D eigenvalue weighted by molar-refractivity contribution is -0.320. The highest BCUT2D eigenvalue weighted by Gasteiger charge is 2.54. The summed E-state index contributed by atoms with van der Waals surface area (Å²) in [6, 6.07) is 1.83. The summed E-state index contributed by atoms with van der Waals surface area (Å²) in [6.07, 6.45) is -7.56. The van der Waals surface area contributed by atoms with Gasteiger partial charge in [-0.05, 0) is 11.6 Å². The van der Waals surface area contributed by atoms with Gasteiger partial charge in [-0.1, -0.05) is 6.08 Å². The van der Waals surface area contributed by atoms with Crippen molar-refractivity contribution in [1.82, 2.24) is 0 Å². The first-order valence-corrected chi connectivity index (χ1v) is 12.3. The molecule has 0 saturated carbocycles. The maximum absolute atomic E-state index is 12.1. The zero-order valence-corrected chi connectivity index (χ0v) is 23.2. The summed E-state index contributed by atoms with van der Waals surface area (Å²) in [5.74, 6) is -4.75. The van der Waals surface area contributed by atoms with E-state index in [1.807, 2.05) is 6.07 Å². The van der Waals surface area contributed by atoms with Crippen LogP contribution in [0.25, 0.3) is 0 Å². The maximum Gasteiger partial charge on any atom is 0.303 e. The Balaban J connectivity index is 2.64. The third-order valence-electron chi connectivity index (χ3n) is 5.49. The molecule has 2 aliphatic rings. The van der Waals surface area contributed by atoms with Crippen LogP contribution in [0.4, 0.5) is 0 Å². The monoisotopic (exact) mass is 581 g/mol. The van der Waals surface area contributed by atoms with Crippen LogP contribution in [0.3, 0.4) is 0 Å². The number of carbonyl (C=O) groups excluding carboxylic acids is 6. The molecule has 0 bridgehead atoms. The summed E-state index contributed by atoms with van der Waals surface area (Å²) < 4.78 is 43.9. The number of rotatable bonds is 9. The summed E-state index contributed by atoms with van der Waals surface area (Å²) in [6.45, 7) is 6.03. The molecule has 8 atom stereocenters. The van der Waals surface area contributed by atoms with E-state index in [1.165, 1.54) is 12.2 Å². The van der Waals surface area contributed by atoms with Crippen molar-refractivity contribution in [2.75, 3.05) is 6.61 Å². The minimum absolute atomic E-state index is 0.148. The van der Waals surface area contributed by atoms with E-state index in [9.17, 15) is 34.0 Å². The van der Waals surface area contributed by atoms with Crippen LogP contribution in [0.1, 0.15) is 41.5 Å². The highest BCUT2D eigenvalue weighted by atomic mass is 16.7. The number of esters is 6. The van der Waals surface area contributed by atoms with Crippen molar-refractivity contribution < 1.29 is 66.7 Å². The number of hydrogen-bond acceptors (Lipinski definition) is 15. The van der Waals surface area contributed by atoms with Crippen molar-refractivity contribution in [2.24, 2.45) is 0 Å². The Morgan fingerprint density at radius 1 is 0.756 bits per heavy atom. The van der Waals surface area contributed by atoms with Crippen LogP contribution in [0.15, 0.2) is 23.8 Å². The molecular formula is C26H31NO14. The van der Waals surface area contributed by atoms with E-state index in [-0.39, 0.29) is 5.57 Å². The second-order valence-electron chi connectivity index (χ2n) is 8.90. The van der Waals surface area contributed by atoms with E-state index in [0.29, 0.717) is 0 Å². The largest absolute Gasteiger partial charge is 0.463 e. The van der Waals surface area contributed by atoms with Gasteiger partial charge in [0.2, 0.25) is 0 Å². The third-order valence-corrected chi connectivity index (χ3v) is 5.49. The van der Waals surface area contributed by atoms with Crippen LogP contribution < -0.4 is 0 Å². The fraction of sp³-hybridized carbons (Fsp3) is 0.577. The molecule has 0 aromatic carbocycles. The van der Waals surface area contributed by atoms with E-state index < -0.39 is 91.4 Å². The number of carbonyl (C=O) groups is 6. The first-order chi connectivity index (χ1) is 19.2.